The Morgan fingerprint density at radius 2 is 1.90 bits per heavy atom. The quantitative estimate of drug-likeness (QED) is 0.347. The number of hydrogen-bond donors (Lipinski definition) is 4. The standard InChI is InChI=1S/C24H26ClF3N8O2S/c25-17-13(32-18-20(37)34-15-6-1-2-9-36(15)22(18)38)4-3-5-14(17)39-21-19(29)33-16(12-31-21)35-10-7-23(30,8-11-35)24(26,27)28/h3-5,12,32,37H,1-2,6-11,30H2,(H2,29,33). The van der Waals surface area contributed by atoms with Crippen molar-refractivity contribution in [3.63, 3.8) is 0 Å². The molecule has 0 saturated carbocycles. The van der Waals surface area contributed by atoms with Gasteiger partial charge < -0.3 is 26.8 Å². The van der Waals surface area contributed by atoms with Crippen LogP contribution in [-0.4, -0.2) is 49.4 Å². The van der Waals surface area contributed by atoms with Gasteiger partial charge in [0.25, 0.3) is 5.56 Å². The van der Waals surface area contributed by atoms with Crippen molar-refractivity contribution in [3.05, 3.63) is 45.6 Å². The van der Waals surface area contributed by atoms with Crippen molar-refractivity contribution < 1.29 is 18.3 Å². The highest BCUT2D eigenvalue weighted by Gasteiger charge is 2.53. The number of anilines is 4. The van der Waals surface area contributed by atoms with Crippen molar-refractivity contribution in [2.24, 2.45) is 5.73 Å². The molecule has 3 aromatic rings. The lowest BCUT2D eigenvalue weighted by molar-refractivity contribution is -0.191. The molecule has 0 radical (unpaired) electrons. The van der Waals surface area contributed by atoms with Gasteiger partial charge in [0.15, 0.2) is 11.5 Å². The maximum atomic E-state index is 13.2. The van der Waals surface area contributed by atoms with Gasteiger partial charge in [-0.3, -0.25) is 9.36 Å². The van der Waals surface area contributed by atoms with Gasteiger partial charge in [0.2, 0.25) is 5.88 Å². The maximum absolute atomic E-state index is 13.2. The molecule has 5 rings (SSSR count). The van der Waals surface area contributed by atoms with Gasteiger partial charge >= 0.3 is 6.18 Å². The fraction of sp³-hybridized carbons (Fsp3) is 0.417. The average molecular weight is 583 g/mol. The molecule has 6 N–H and O–H groups in total. The Labute approximate surface area is 230 Å². The van der Waals surface area contributed by atoms with E-state index in [2.05, 4.69) is 20.3 Å². The molecule has 2 aromatic heterocycles. The van der Waals surface area contributed by atoms with E-state index in [1.807, 2.05) is 0 Å². The van der Waals surface area contributed by atoms with Crippen LogP contribution in [0.3, 0.4) is 0 Å². The zero-order chi connectivity index (χ0) is 27.9. The van der Waals surface area contributed by atoms with Gasteiger partial charge in [-0.15, -0.1) is 0 Å². The lowest BCUT2D eigenvalue weighted by Gasteiger charge is -2.40. The van der Waals surface area contributed by atoms with E-state index in [4.69, 9.17) is 23.1 Å². The van der Waals surface area contributed by atoms with Gasteiger partial charge in [-0.1, -0.05) is 29.4 Å². The molecule has 15 heteroatoms. The first-order chi connectivity index (χ1) is 18.5. The Kier molecular flexibility index (Phi) is 7.29. The van der Waals surface area contributed by atoms with Gasteiger partial charge in [0.1, 0.15) is 22.2 Å². The van der Waals surface area contributed by atoms with E-state index in [0.717, 1.165) is 24.6 Å². The number of alkyl halides is 3. The van der Waals surface area contributed by atoms with Crippen LogP contribution in [0.1, 0.15) is 31.5 Å². The van der Waals surface area contributed by atoms with Gasteiger partial charge in [-0.2, -0.15) is 18.2 Å². The number of nitrogen functional groups attached to an aromatic ring is 1. The van der Waals surface area contributed by atoms with Crippen molar-refractivity contribution in [2.75, 3.05) is 29.0 Å². The van der Waals surface area contributed by atoms with E-state index in [-0.39, 0.29) is 48.0 Å². The summed E-state index contributed by atoms with van der Waals surface area (Å²) in [6.07, 6.45) is -1.17. The molecule has 0 amide bonds. The summed E-state index contributed by atoms with van der Waals surface area (Å²) in [7, 11) is 0. The van der Waals surface area contributed by atoms with E-state index < -0.39 is 17.6 Å². The lowest BCUT2D eigenvalue weighted by atomic mass is 9.88. The van der Waals surface area contributed by atoms with Gasteiger partial charge in [-0.25, -0.2) is 9.97 Å². The minimum absolute atomic E-state index is 0.0677. The molecule has 1 aromatic carbocycles. The summed E-state index contributed by atoms with van der Waals surface area (Å²) >= 11 is 7.77. The number of fused-ring (bicyclic) bond motifs is 1. The van der Waals surface area contributed by atoms with E-state index in [0.29, 0.717) is 40.2 Å². The van der Waals surface area contributed by atoms with Crippen LogP contribution in [0.5, 0.6) is 5.88 Å². The zero-order valence-electron chi connectivity index (χ0n) is 20.6. The average Bonchev–Trinajstić information content (AvgIpc) is 2.89. The largest absolute Gasteiger partial charge is 0.492 e. The highest BCUT2D eigenvalue weighted by molar-refractivity contribution is 7.99. The molecular weight excluding hydrogens is 557 g/mol. The molecule has 0 atom stereocenters. The van der Waals surface area contributed by atoms with Crippen LogP contribution in [0.4, 0.5) is 36.2 Å². The maximum Gasteiger partial charge on any atom is 0.406 e. The van der Waals surface area contributed by atoms with Crippen molar-refractivity contribution in [1.29, 1.82) is 0 Å². The van der Waals surface area contributed by atoms with Crippen LogP contribution >= 0.6 is 23.4 Å². The molecule has 10 nitrogen and oxygen atoms in total. The first kappa shape index (κ1) is 27.3. The second-order valence-electron chi connectivity index (χ2n) is 9.54. The van der Waals surface area contributed by atoms with Crippen LogP contribution in [0.15, 0.2) is 39.1 Å². The highest BCUT2D eigenvalue weighted by Crippen LogP contribution is 2.41. The van der Waals surface area contributed by atoms with Crippen molar-refractivity contribution >= 4 is 46.4 Å². The Bertz CT molecular complexity index is 1460. The second-order valence-corrected chi connectivity index (χ2v) is 11.0. The number of hydrogen-bond acceptors (Lipinski definition) is 10. The van der Waals surface area contributed by atoms with Gasteiger partial charge in [0, 0.05) is 31.0 Å². The summed E-state index contributed by atoms with van der Waals surface area (Å²) < 4.78 is 41.2. The second kappa shape index (κ2) is 10.4. The first-order valence-electron chi connectivity index (χ1n) is 12.3. The molecule has 0 aliphatic carbocycles. The Morgan fingerprint density at radius 3 is 2.59 bits per heavy atom. The smallest absolute Gasteiger partial charge is 0.406 e. The molecule has 1 saturated heterocycles. The monoisotopic (exact) mass is 582 g/mol. The number of halogens is 4. The number of benzene rings is 1. The predicted octanol–water partition coefficient (Wildman–Crippen LogP) is 4.07. The van der Waals surface area contributed by atoms with Crippen molar-refractivity contribution in [3.8, 4) is 5.88 Å². The molecule has 4 heterocycles. The van der Waals surface area contributed by atoms with E-state index in [1.54, 1.807) is 27.7 Å². The summed E-state index contributed by atoms with van der Waals surface area (Å²) in [5.41, 5.74) is 9.42. The van der Waals surface area contributed by atoms with Crippen LogP contribution in [0.25, 0.3) is 0 Å². The number of rotatable bonds is 5. The topological polar surface area (TPSA) is 148 Å². The third-order valence-electron chi connectivity index (χ3n) is 6.99. The number of nitrogens with one attached hydrogen (secondary N) is 1. The van der Waals surface area contributed by atoms with Crippen LogP contribution in [0.2, 0.25) is 5.02 Å². The summed E-state index contributed by atoms with van der Waals surface area (Å²) in [6.45, 7) is 0.668. The Morgan fingerprint density at radius 1 is 1.15 bits per heavy atom. The third kappa shape index (κ3) is 5.32. The molecule has 0 unspecified atom stereocenters. The van der Waals surface area contributed by atoms with Crippen LogP contribution < -0.4 is 27.2 Å². The van der Waals surface area contributed by atoms with Crippen LogP contribution in [0, 0.1) is 0 Å². The lowest BCUT2D eigenvalue weighted by Crippen LogP contribution is -2.59. The molecule has 39 heavy (non-hydrogen) atoms. The van der Waals surface area contributed by atoms with E-state index in [1.165, 1.54) is 6.20 Å². The number of aryl methyl sites for hydroxylation is 1. The normalized spacial score (nSPS) is 17.1. The SMILES string of the molecule is Nc1nc(N2CCC(N)(C(F)(F)F)CC2)cnc1Sc1cccc(Nc2c(O)nc3n(c2=O)CCCC3)c1Cl. The molecule has 0 bridgehead atoms. The zero-order valence-corrected chi connectivity index (χ0v) is 22.2. The molecule has 0 spiro atoms. The third-order valence-corrected chi connectivity index (χ3v) is 8.57. The van der Waals surface area contributed by atoms with Gasteiger partial charge in [-0.05, 0) is 37.8 Å². The number of aromatic hydroxyl groups is 1. The summed E-state index contributed by atoms with van der Waals surface area (Å²) in [5.74, 6) is 0.600. The molecule has 2 aliphatic heterocycles. The molecule has 208 valence electrons. The number of aromatic nitrogens is 4. The minimum Gasteiger partial charge on any atom is -0.492 e. The van der Waals surface area contributed by atoms with Crippen molar-refractivity contribution in [1.82, 2.24) is 19.5 Å². The van der Waals surface area contributed by atoms with Gasteiger partial charge in [0.05, 0.1) is 16.9 Å². The Hall–Kier alpha value is -3.23. The first-order valence-corrected chi connectivity index (χ1v) is 13.5. The summed E-state index contributed by atoms with van der Waals surface area (Å²) in [5, 5.41) is 13.9. The molecule has 1 fully saturated rings. The fourth-order valence-electron chi connectivity index (χ4n) is 4.63. The highest BCUT2D eigenvalue weighted by atomic mass is 35.5. The van der Waals surface area contributed by atoms with E-state index >= 15 is 0 Å². The van der Waals surface area contributed by atoms with Crippen LogP contribution in [-0.2, 0) is 13.0 Å². The fourth-order valence-corrected chi connectivity index (χ4v) is 5.73. The number of nitrogens with zero attached hydrogens (tertiary/aromatic N) is 5. The Balaban J connectivity index is 1.33. The van der Waals surface area contributed by atoms with E-state index in [9.17, 15) is 23.1 Å². The summed E-state index contributed by atoms with van der Waals surface area (Å²) in [4.78, 5) is 28.1. The molecular formula is C24H26ClF3N8O2S. The number of piperidine rings is 1. The number of nitrogens with two attached hydrogens (primary N) is 2. The molecule has 2 aliphatic rings. The summed E-state index contributed by atoms with van der Waals surface area (Å²) in [6, 6.07) is 5.10. The minimum atomic E-state index is -4.48. The van der Waals surface area contributed by atoms with Crippen molar-refractivity contribution in [2.45, 2.75) is 60.3 Å². The predicted molar refractivity (Wildman–Crippen MR) is 143 cm³/mol.